The number of rotatable bonds is 8. The zero-order valence-electron chi connectivity index (χ0n) is 29.9. The number of carbonyl (C=O) groups is 2. The summed E-state index contributed by atoms with van der Waals surface area (Å²) in [6.45, 7) is 22.1. The number of ether oxygens (including phenoxy) is 3. The molecule has 5 fully saturated rings. The number of hydrogen-bond acceptors (Lipinski definition) is 7. The van der Waals surface area contributed by atoms with Gasteiger partial charge in [0.15, 0.2) is 0 Å². The Balaban J connectivity index is 1.35. The number of esters is 1. The third-order valence-corrected chi connectivity index (χ3v) is 15.4. The van der Waals surface area contributed by atoms with Gasteiger partial charge in [0, 0.05) is 36.9 Å². The van der Waals surface area contributed by atoms with Crippen LogP contribution in [0.1, 0.15) is 100 Å². The van der Waals surface area contributed by atoms with Crippen LogP contribution < -0.4 is 5.73 Å². The van der Waals surface area contributed by atoms with Crippen molar-refractivity contribution >= 4 is 11.9 Å². The molecule has 12 atom stereocenters. The van der Waals surface area contributed by atoms with Gasteiger partial charge in [-0.1, -0.05) is 60.1 Å². The van der Waals surface area contributed by atoms with Gasteiger partial charge in [0.05, 0.1) is 25.7 Å². The van der Waals surface area contributed by atoms with E-state index in [1.54, 1.807) is 0 Å². The number of aliphatic carboxylic acids is 1. The van der Waals surface area contributed by atoms with Crippen LogP contribution in [0.4, 0.5) is 0 Å². The molecule has 3 saturated carbocycles. The van der Waals surface area contributed by atoms with E-state index in [0.29, 0.717) is 44.0 Å². The first-order valence-electron chi connectivity index (χ1n) is 18.3. The molecule has 8 heteroatoms. The molecule has 2 heterocycles. The molecule has 8 nitrogen and oxygen atoms in total. The minimum absolute atomic E-state index is 0.148. The first-order chi connectivity index (χ1) is 21.5. The lowest BCUT2D eigenvalue weighted by Gasteiger charge is -2.71. The van der Waals surface area contributed by atoms with E-state index in [1.165, 1.54) is 12.5 Å². The van der Waals surface area contributed by atoms with Crippen LogP contribution in [-0.2, 0) is 23.8 Å². The molecule has 46 heavy (non-hydrogen) atoms. The van der Waals surface area contributed by atoms with Crippen molar-refractivity contribution < 1.29 is 28.9 Å². The maximum absolute atomic E-state index is 13.4. The molecule has 4 aliphatic carbocycles. The van der Waals surface area contributed by atoms with E-state index in [0.717, 1.165) is 58.2 Å². The maximum Gasteiger partial charge on any atom is 0.307 e. The summed E-state index contributed by atoms with van der Waals surface area (Å²) in [6.07, 6.45) is 8.41. The standard InChI is InChI=1S/C38H62N2O6/c1-23(2)24(3)34(5)14-15-36(7)27-9-10-30-35(6)21-44-22-38(30,28(27)11-13-37(36,8)31(34)33(42)43)19-29(46-25(4)41)32(35)45-18-17-40-16-12-26(39)20-40/h11,23-24,26-27,29-32H,9-10,12-22,39H2,1-8H3,(H,42,43)/t24-,26?,27+,29-,30+,31-,32+,34-,35+,36-,37+,38-/m1/s1. The molecule has 0 aromatic carbocycles. The number of likely N-dealkylation sites (tertiary alicyclic amines) is 1. The highest BCUT2D eigenvalue weighted by molar-refractivity contribution is 5.73. The molecule has 6 rings (SSSR count). The lowest BCUT2D eigenvalue weighted by Crippen LogP contribution is -2.70. The Hall–Kier alpha value is -1.48. The molecule has 2 saturated heterocycles. The van der Waals surface area contributed by atoms with Crippen LogP contribution in [0.2, 0.25) is 0 Å². The highest BCUT2D eigenvalue weighted by Crippen LogP contribution is 2.75. The summed E-state index contributed by atoms with van der Waals surface area (Å²) in [5, 5.41) is 11.0. The fourth-order valence-electron chi connectivity index (χ4n) is 12.6. The number of hydrogen-bond donors (Lipinski definition) is 2. The van der Waals surface area contributed by atoms with Crippen molar-refractivity contribution in [3.63, 3.8) is 0 Å². The van der Waals surface area contributed by atoms with Crippen LogP contribution in [0.5, 0.6) is 0 Å². The maximum atomic E-state index is 13.4. The summed E-state index contributed by atoms with van der Waals surface area (Å²) in [4.78, 5) is 28.3. The highest BCUT2D eigenvalue weighted by Gasteiger charge is 2.72. The predicted octanol–water partition coefficient (Wildman–Crippen LogP) is 5.92. The Morgan fingerprint density at radius 3 is 2.46 bits per heavy atom. The van der Waals surface area contributed by atoms with Crippen molar-refractivity contribution in [2.45, 2.75) is 119 Å². The number of nitrogens with zero attached hydrogens (tertiary/aromatic N) is 1. The summed E-state index contributed by atoms with van der Waals surface area (Å²) >= 11 is 0. The molecule has 3 N–H and O–H groups in total. The third-order valence-electron chi connectivity index (χ3n) is 15.4. The molecular weight excluding hydrogens is 580 g/mol. The van der Waals surface area contributed by atoms with E-state index in [4.69, 9.17) is 19.9 Å². The van der Waals surface area contributed by atoms with Crippen LogP contribution in [0.15, 0.2) is 11.6 Å². The lowest BCUT2D eigenvalue weighted by molar-refractivity contribution is -0.267. The average Bonchev–Trinajstić information content (AvgIpc) is 3.38. The summed E-state index contributed by atoms with van der Waals surface area (Å²) in [5.74, 6) is 0.0504. The predicted molar refractivity (Wildman–Crippen MR) is 178 cm³/mol. The van der Waals surface area contributed by atoms with Gasteiger partial charge in [-0.2, -0.15) is 0 Å². The Bertz CT molecular complexity index is 1240. The summed E-state index contributed by atoms with van der Waals surface area (Å²) in [5.41, 5.74) is 6.30. The largest absolute Gasteiger partial charge is 0.481 e. The van der Waals surface area contributed by atoms with Gasteiger partial charge in [-0.3, -0.25) is 14.5 Å². The molecule has 1 unspecified atom stereocenters. The summed E-state index contributed by atoms with van der Waals surface area (Å²) in [7, 11) is 0. The SMILES string of the molecule is CC(=O)O[C@@H]1C[C@]23COC[C@@](C)([C@@H]2CC[C@H]2C3=CC[C@@]3(C)[C@H](C(=O)O)[C@@](C)([C@H](C)C(C)C)CC[C@]23C)[C@H]1OCCN1CCC(N)C1. The van der Waals surface area contributed by atoms with Crippen LogP contribution >= 0.6 is 0 Å². The van der Waals surface area contributed by atoms with Crippen molar-refractivity contribution in [3.8, 4) is 0 Å². The van der Waals surface area contributed by atoms with Crippen LogP contribution in [0.3, 0.4) is 0 Å². The van der Waals surface area contributed by atoms with Crippen molar-refractivity contribution in [2.75, 3.05) is 39.5 Å². The van der Waals surface area contributed by atoms with Gasteiger partial charge >= 0.3 is 11.9 Å². The van der Waals surface area contributed by atoms with E-state index in [1.807, 2.05) is 0 Å². The fourth-order valence-corrected chi connectivity index (χ4v) is 12.6. The van der Waals surface area contributed by atoms with E-state index >= 15 is 0 Å². The highest BCUT2D eigenvalue weighted by atomic mass is 16.6. The van der Waals surface area contributed by atoms with Crippen LogP contribution in [0.25, 0.3) is 0 Å². The summed E-state index contributed by atoms with van der Waals surface area (Å²) in [6, 6.07) is 0.235. The van der Waals surface area contributed by atoms with Gasteiger partial charge < -0.3 is 25.1 Å². The number of nitrogens with two attached hydrogens (primary N) is 1. The average molecular weight is 643 g/mol. The van der Waals surface area contributed by atoms with Crippen molar-refractivity contribution in [3.05, 3.63) is 11.6 Å². The van der Waals surface area contributed by atoms with E-state index in [2.05, 4.69) is 59.4 Å². The molecule has 2 bridgehead atoms. The second kappa shape index (κ2) is 11.8. The zero-order valence-corrected chi connectivity index (χ0v) is 29.9. The van der Waals surface area contributed by atoms with Gasteiger partial charge in [0.25, 0.3) is 0 Å². The normalized spacial score (nSPS) is 47.7. The lowest BCUT2D eigenvalue weighted by atomic mass is 9.34. The van der Waals surface area contributed by atoms with Crippen molar-refractivity contribution in [2.24, 2.45) is 62.4 Å². The van der Waals surface area contributed by atoms with Gasteiger partial charge in [-0.25, -0.2) is 0 Å². The zero-order chi connectivity index (χ0) is 33.4. The third kappa shape index (κ3) is 4.96. The number of carboxylic acids is 1. The van der Waals surface area contributed by atoms with Gasteiger partial charge in [0.2, 0.25) is 0 Å². The molecule has 6 aliphatic rings. The summed E-state index contributed by atoms with van der Waals surface area (Å²) < 4.78 is 19.5. The number of carboxylic acid groups (broad SMARTS) is 1. The molecule has 260 valence electrons. The van der Waals surface area contributed by atoms with E-state index < -0.39 is 11.9 Å². The first-order valence-corrected chi connectivity index (χ1v) is 18.3. The molecule has 0 aromatic heterocycles. The van der Waals surface area contributed by atoms with E-state index in [9.17, 15) is 14.7 Å². The molecule has 0 spiro atoms. The molecule has 0 aromatic rings. The molecule has 0 radical (unpaired) electrons. The van der Waals surface area contributed by atoms with Crippen LogP contribution in [0, 0.1) is 56.7 Å². The Labute approximate surface area is 277 Å². The minimum atomic E-state index is -0.635. The Kier molecular flexibility index (Phi) is 8.85. The fraction of sp³-hybridized carbons (Fsp3) is 0.895. The van der Waals surface area contributed by atoms with Crippen LogP contribution in [-0.4, -0.2) is 79.6 Å². The monoisotopic (exact) mass is 642 g/mol. The Morgan fingerprint density at radius 1 is 1.09 bits per heavy atom. The topological polar surface area (TPSA) is 111 Å². The number of carbonyl (C=O) groups excluding carboxylic acids is 1. The number of fused-ring (bicyclic) bond motifs is 3. The number of allylic oxidation sites excluding steroid dienone is 1. The molecule has 2 aliphatic heterocycles. The quantitative estimate of drug-likeness (QED) is 0.248. The first kappa shape index (κ1) is 34.4. The Morgan fingerprint density at radius 2 is 1.83 bits per heavy atom. The second-order valence-electron chi connectivity index (χ2n) is 17.8. The molecular formula is C38H62N2O6. The van der Waals surface area contributed by atoms with Gasteiger partial charge in [0.1, 0.15) is 12.2 Å². The van der Waals surface area contributed by atoms with Gasteiger partial charge in [-0.15, -0.1) is 0 Å². The minimum Gasteiger partial charge on any atom is -0.481 e. The molecule has 0 amide bonds. The van der Waals surface area contributed by atoms with Crippen molar-refractivity contribution in [1.29, 1.82) is 0 Å². The smallest absolute Gasteiger partial charge is 0.307 e. The van der Waals surface area contributed by atoms with Gasteiger partial charge in [-0.05, 0) is 91.4 Å². The second-order valence-corrected chi connectivity index (χ2v) is 17.8. The van der Waals surface area contributed by atoms with Crippen molar-refractivity contribution in [1.82, 2.24) is 4.90 Å². The van der Waals surface area contributed by atoms with E-state index in [-0.39, 0.29) is 57.2 Å².